The second-order valence-electron chi connectivity index (χ2n) is 3.23. The van der Waals surface area contributed by atoms with E-state index < -0.39 is 0 Å². The van der Waals surface area contributed by atoms with E-state index in [1.807, 2.05) is 19.2 Å². The van der Waals surface area contributed by atoms with E-state index in [0.717, 1.165) is 5.56 Å². The molecule has 0 bridgehead atoms. The normalized spacial score (nSPS) is 12.7. The third-order valence-corrected chi connectivity index (χ3v) is 3.36. The van der Waals surface area contributed by atoms with Crippen LogP contribution in [0.1, 0.15) is 17.8 Å². The van der Waals surface area contributed by atoms with Crippen molar-refractivity contribution >= 4 is 11.3 Å². The summed E-state index contributed by atoms with van der Waals surface area (Å²) in [5, 5.41) is 0. The van der Waals surface area contributed by atoms with Gasteiger partial charge in [0.2, 0.25) is 0 Å². The lowest BCUT2D eigenvalue weighted by Crippen LogP contribution is -2.01. The van der Waals surface area contributed by atoms with Gasteiger partial charge in [-0.2, -0.15) is 0 Å². The molecule has 0 saturated carbocycles. The van der Waals surface area contributed by atoms with Crippen molar-refractivity contribution < 1.29 is 0 Å². The molecule has 0 aromatic carbocycles. The van der Waals surface area contributed by atoms with Crippen LogP contribution in [0.3, 0.4) is 0 Å². The standard InChI is InChI=1S/C11H12N2S/c1-8(12)10-4-5-11(14-10)9-3-2-6-13-7-9/h2-8H,12H2,1H3/t8-/m1/s1. The molecular weight excluding hydrogens is 192 g/mol. The molecule has 0 unspecified atom stereocenters. The number of hydrogen-bond donors (Lipinski definition) is 1. The number of nitrogens with two attached hydrogens (primary N) is 1. The Morgan fingerprint density at radius 3 is 2.79 bits per heavy atom. The molecule has 0 amide bonds. The molecule has 2 nitrogen and oxygen atoms in total. The first-order valence-electron chi connectivity index (χ1n) is 4.53. The van der Waals surface area contributed by atoms with Crippen LogP contribution in [0.15, 0.2) is 36.7 Å². The van der Waals surface area contributed by atoms with Gasteiger partial charge in [-0.1, -0.05) is 6.07 Å². The first-order valence-corrected chi connectivity index (χ1v) is 5.35. The van der Waals surface area contributed by atoms with Crippen LogP contribution < -0.4 is 5.73 Å². The molecule has 0 radical (unpaired) electrons. The fraction of sp³-hybridized carbons (Fsp3) is 0.182. The Hall–Kier alpha value is -1.19. The van der Waals surface area contributed by atoms with Crippen molar-refractivity contribution in [2.75, 3.05) is 0 Å². The van der Waals surface area contributed by atoms with E-state index >= 15 is 0 Å². The highest BCUT2D eigenvalue weighted by Crippen LogP contribution is 2.29. The Morgan fingerprint density at radius 1 is 1.36 bits per heavy atom. The van der Waals surface area contributed by atoms with Gasteiger partial charge < -0.3 is 5.73 Å². The van der Waals surface area contributed by atoms with Crippen LogP contribution in [0.5, 0.6) is 0 Å². The smallest absolute Gasteiger partial charge is 0.0361 e. The fourth-order valence-corrected chi connectivity index (χ4v) is 2.21. The molecule has 1 atom stereocenters. The Kier molecular flexibility index (Phi) is 2.61. The summed E-state index contributed by atoms with van der Waals surface area (Å²) in [6.07, 6.45) is 3.65. The average Bonchev–Trinajstić information content (AvgIpc) is 2.68. The van der Waals surface area contributed by atoms with Gasteiger partial charge in [0.05, 0.1) is 0 Å². The lowest BCUT2D eigenvalue weighted by molar-refractivity contribution is 0.838. The summed E-state index contributed by atoms with van der Waals surface area (Å²) in [5.41, 5.74) is 6.96. The van der Waals surface area contributed by atoms with E-state index in [2.05, 4.69) is 23.2 Å². The highest BCUT2D eigenvalue weighted by atomic mass is 32.1. The largest absolute Gasteiger partial charge is 0.324 e. The summed E-state index contributed by atoms with van der Waals surface area (Å²) in [5.74, 6) is 0. The molecule has 2 rings (SSSR count). The van der Waals surface area contributed by atoms with E-state index in [-0.39, 0.29) is 6.04 Å². The summed E-state index contributed by atoms with van der Waals surface area (Å²) in [6, 6.07) is 8.30. The molecule has 2 aromatic heterocycles. The lowest BCUT2D eigenvalue weighted by Gasteiger charge is -1.98. The number of pyridine rings is 1. The Bertz CT molecular complexity index is 406. The molecule has 3 heteroatoms. The Morgan fingerprint density at radius 2 is 2.21 bits per heavy atom. The van der Waals surface area contributed by atoms with Gasteiger partial charge in [-0.3, -0.25) is 4.98 Å². The number of aromatic nitrogens is 1. The van der Waals surface area contributed by atoms with Crippen LogP contribution >= 0.6 is 11.3 Å². The molecule has 0 aliphatic heterocycles. The number of nitrogens with zero attached hydrogens (tertiary/aromatic N) is 1. The molecular formula is C11H12N2S. The molecule has 2 N–H and O–H groups in total. The molecule has 0 aliphatic carbocycles. The zero-order chi connectivity index (χ0) is 9.97. The predicted octanol–water partition coefficient (Wildman–Crippen LogP) is 2.83. The fourth-order valence-electron chi connectivity index (χ4n) is 1.26. The summed E-state index contributed by atoms with van der Waals surface area (Å²) in [7, 11) is 0. The minimum Gasteiger partial charge on any atom is -0.324 e. The van der Waals surface area contributed by atoms with E-state index in [1.165, 1.54) is 9.75 Å². The maximum Gasteiger partial charge on any atom is 0.0361 e. The first kappa shape index (κ1) is 9.37. The van der Waals surface area contributed by atoms with Crippen LogP contribution in [0, 0.1) is 0 Å². The molecule has 0 aliphatic rings. The highest BCUT2D eigenvalue weighted by Gasteiger charge is 2.05. The Balaban J connectivity index is 2.34. The average molecular weight is 204 g/mol. The van der Waals surface area contributed by atoms with Crippen LogP contribution in [0.25, 0.3) is 10.4 Å². The van der Waals surface area contributed by atoms with Gasteiger partial charge in [-0.25, -0.2) is 0 Å². The summed E-state index contributed by atoms with van der Waals surface area (Å²) < 4.78 is 0. The van der Waals surface area contributed by atoms with Crippen LogP contribution in [0.2, 0.25) is 0 Å². The van der Waals surface area contributed by atoms with E-state index in [0.29, 0.717) is 0 Å². The van der Waals surface area contributed by atoms with Gasteiger partial charge >= 0.3 is 0 Å². The minimum atomic E-state index is 0.116. The van der Waals surface area contributed by atoms with Crippen molar-refractivity contribution in [3.05, 3.63) is 41.5 Å². The van der Waals surface area contributed by atoms with E-state index in [9.17, 15) is 0 Å². The van der Waals surface area contributed by atoms with Gasteiger partial charge in [-0.05, 0) is 25.1 Å². The van der Waals surface area contributed by atoms with Gasteiger partial charge in [-0.15, -0.1) is 11.3 Å². The van der Waals surface area contributed by atoms with Crippen molar-refractivity contribution in [3.8, 4) is 10.4 Å². The van der Waals surface area contributed by atoms with E-state index in [4.69, 9.17) is 5.73 Å². The van der Waals surface area contributed by atoms with Crippen LogP contribution in [-0.2, 0) is 0 Å². The van der Waals surface area contributed by atoms with Crippen LogP contribution in [-0.4, -0.2) is 4.98 Å². The van der Waals surface area contributed by atoms with Crippen LogP contribution in [0.4, 0.5) is 0 Å². The molecule has 0 spiro atoms. The minimum absolute atomic E-state index is 0.116. The maximum atomic E-state index is 5.80. The molecule has 2 heterocycles. The van der Waals surface area contributed by atoms with Gasteiger partial charge in [0, 0.05) is 33.8 Å². The predicted molar refractivity (Wildman–Crippen MR) is 60.2 cm³/mol. The molecule has 14 heavy (non-hydrogen) atoms. The van der Waals surface area contributed by atoms with Crippen molar-refractivity contribution in [3.63, 3.8) is 0 Å². The highest BCUT2D eigenvalue weighted by molar-refractivity contribution is 7.15. The molecule has 2 aromatic rings. The molecule has 72 valence electrons. The monoisotopic (exact) mass is 204 g/mol. The van der Waals surface area contributed by atoms with Gasteiger partial charge in [0.25, 0.3) is 0 Å². The number of hydrogen-bond acceptors (Lipinski definition) is 3. The topological polar surface area (TPSA) is 38.9 Å². The first-order chi connectivity index (χ1) is 6.77. The summed E-state index contributed by atoms with van der Waals surface area (Å²) >= 11 is 1.73. The number of rotatable bonds is 2. The van der Waals surface area contributed by atoms with Crippen molar-refractivity contribution in [2.45, 2.75) is 13.0 Å². The second kappa shape index (κ2) is 3.90. The third-order valence-electron chi connectivity index (χ3n) is 2.02. The van der Waals surface area contributed by atoms with E-state index in [1.54, 1.807) is 17.5 Å². The SMILES string of the molecule is C[C@@H](N)c1ccc(-c2cccnc2)s1. The molecule has 0 fully saturated rings. The molecule has 0 saturated heterocycles. The maximum absolute atomic E-state index is 5.80. The van der Waals surface area contributed by atoms with Gasteiger partial charge in [0.1, 0.15) is 0 Å². The second-order valence-corrected chi connectivity index (χ2v) is 4.35. The van der Waals surface area contributed by atoms with Crippen molar-refractivity contribution in [1.29, 1.82) is 0 Å². The number of thiophene rings is 1. The quantitative estimate of drug-likeness (QED) is 0.817. The van der Waals surface area contributed by atoms with Crippen molar-refractivity contribution in [1.82, 2.24) is 4.98 Å². The summed E-state index contributed by atoms with van der Waals surface area (Å²) in [4.78, 5) is 6.53. The van der Waals surface area contributed by atoms with Gasteiger partial charge in [0.15, 0.2) is 0 Å². The lowest BCUT2D eigenvalue weighted by atomic mass is 10.2. The zero-order valence-electron chi connectivity index (χ0n) is 7.97. The summed E-state index contributed by atoms with van der Waals surface area (Å²) in [6.45, 7) is 2.00. The third kappa shape index (κ3) is 1.84. The zero-order valence-corrected chi connectivity index (χ0v) is 8.79. The Labute approximate surface area is 87.4 Å². The van der Waals surface area contributed by atoms with Crippen molar-refractivity contribution in [2.24, 2.45) is 5.73 Å².